The van der Waals surface area contributed by atoms with Crippen molar-refractivity contribution < 1.29 is 14.3 Å². The van der Waals surface area contributed by atoms with Crippen LogP contribution in [-0.2, 0) is 11.3 Å². The van der Waals surface area contributed by atoms with Gasteiger partial charge in [0.25, 0.3) is 0 Å². The SMILES string of the molecule is COc1ccc(-c2cc(NC(=O)CCn3cnnn3)n[nH]2)c(OC)c1. The maximum Gasteiger partial charge on any atom is 0.227 e. The van der Waals surface area contributed by atoms with Crippen LogP contribution in [0, 0.1) is 0 Å². The van der Waals surface area contributed by atoms with E-state index in [4.69, 9.17) is 9.47 Å². The average Bonchev–Trinajstić information content (AvgIpc) is 3.31. The number of tetrazole rings is 1. The number of hydrogen-bond donors (Lipinski definition) is 2. The van der Waals surface area contributed by atoms with Gasteiger partial charge in [0.15, 0.2) is 5.82 Å². The Labute approximate surface area is 143 Å². The second kappa shape index (κ2) is 7.43. The minimum absolute atomic E-state index is 0.185. The van der Waals surface area contributed by atoms with Gasteiger partial charge in [-0.05, 0) is 22.6 Å². The van der Waals surface area contributed by atoms with Crippen LogP contribution in [0.25, 0.3) is 11.3 Å². The van der Waals surface area contributed by atoms with Crippen LogP contribution < -0.4 is 14.8 Å². The quantitative estimate of drug-likeness (QED) is 0.659. The van der Waals surface area contributed by atoms with Gasteiger partial charge >= 0.3 is 0 Å². The highest BCUT2D eigenvalue weighted by molar-refractivity contribution is 5.90. The number of ether oxygens (including phenoxy) is 2. The van der Waals surface area contributed by atoms with E-state index in [1.165, 1.54) is 11.0 Å². The first-order valence-corrected chi connectivity index (χ1v) is 7.48. The Bertz CT molecular complexity index is 845. The maximum absolute atomic E-state index is 12.0. The molecule has 0 radical (unpaired) electrons. The largest absolute Gasteiger partial charge is 0.497 e. The third-order valence-electron chi connectivity index (χ3n) is 3.50. The second-order valence-corrected chi connectivity index (χ2v) is 5.10. The molecule has 0 unspecified atom stereocenters. The molecular weight excluding hydrogens is 326 g/mol. The fourth-order valence-electron chi connectivity index (χ4n) is 2.25. The van der Waals surface area contributed by atoms with Crippen LogP contribution >= 0.6 is 0 Å². The molecule has 0 saturated heterocycles. The number of rotatable bonds is 7. The second-order valence-electron chi connectivity index (χ2n) is 5.10. The minimum atomic E-state index is -0.185. The molecule has 0 bridgehead atoms. The topological polar surface area (TPSA) is 120 Å². The number of aryl methyl sites for hydroxylation is 1. The number of nitrogens with one attached hydrogen (secondary N) is 2. The van der Waals surface area contributed by atoms with Crippen molar-refractivity contribution in [2.45, 2.75) is 13.0 Å². The van der Waals surface area contributed by atoms with Gasteiger partial charge in [-0.25, -0.2) is 4.68 Å². The van der Waals surface area contributed by atoms with Crippen LogP contribution in [0.1, 0.15) is 6.42 Å². The molecule has 2 N–H and O–H groups in total. The third-order valence-corrected chi connectivity index (χ3v) is 3.50. The van der Waals surface area contributed by atoms with Gasteiger partial charge in [0.1, 0.15) is 17.8 Å². The number of aromatic nitrogens is 6. The number of hydrogen-bond acceptors (Lipinski definition) is 7. The molecule has 10 nitrogen and oxygen atoms in total. The summed E-state index contributed by atoms with van der Waals surface area (Å²) in [6, 6.07) is 7.19. The zero-order valence-corrected chi connectivity index (χ0v) is 13.8. The molecule has 1 amide bonds. The molecule has 0 aliphatic carbocycles. The molecule has 25 heavy (non-hydrogen) atoms. The number of carbonyl (C=O) groups is 1. The van der Waals surface area contributed by atoms with Crippen molar-refractivity contribution in [1.82, 2.24) is 30.4 Å². The van der Waals surface area contributed by atoms with E-state index in [2.05, 4.69) is 31.0 Å². The summed E-state index contributed by atoms with van der Waals surface area (Å²) in [6.45, 7) is 0.391. The molecule has 0 atom stereocenters. The molecule has 2 aromatic heterocycles. The third kappa shape index (κ3) is 3.91. The van der Waals surface area contributed by atoms with Crippen LogP contribution in [0.2, 0.25) is 0 Å². The summed E-state index contributed by atoms with van der Waals surface area (Å²) in [7, 11) is 3.17. The summed E-state index contributed by atoms with van der Waals surface area (Å²) in [5.41, 5.74) is 1.53. The predicted molar refractivity (Wildman–Crippen MR) is 88.2 cm³/mol. The molecule has 2 heterocycles. The van der Waals surface area contributed by atoms with E-state index in [1.807, 2.05) is 12.1 Å². The molecule has 3 rings (SSSR count). The van der Waals surface area contributed by atoms with E-state index in [1.54, 1.807) is 26.4 Å². The van der Waals surface area contributed by atoms with Crippen LogP contribution in [-0.4, -0.2) is 50.5 Å². The molecule has 3 aromatic rings. The van der Waals surface area contributed by atoms with Crippen molar-refractivity contribution in [2.24, 2.45) is 0 Å². The van der Waals surface area contributed by atoms with Crippen LogP contribution in [0.4, 0.5) is 5.82 Å². The molecule has 0 aliphatic rings. The van der Waals surface area contributed by atoms with Crippen molar-refractivity contribution in [3.8, 4) is 22.8 Å². The van der Waals surface area contributed by atoms with E-state index in [0.29, 0.717) is 23.9 Å². The van der Waals surface area contributed by atoms with E-state index < -0.39 is 0 Å². The Morgan fingerprint density at radius 2 is 2.16 bits per heavy atom. The fourth-order valence-corrected chi connectivity index (χ4v) is 2.25. The molecule has 0 aliphatic heterocycles. The van der Waals surface area contributed by atoms with Crippen LogP contribution in [0.5, 0.6) is 11.5 Å². The Balaban J connectivity index is 1.67. The molecular formula is C15H17N7O3. The standard InChI is InChI=1S/C15H17N7O3/c1-24-10-3-4-11(13(7-10)25-2)12-8-14(19-18-12)17-15(23)5-6-22-9-16-20-21-22/h3-4,7-9H,5-6H2,1-2H3,(H2,17,18,19,23). The first kappa shape index (κ1) is 16.4. The molecule has 0 fully saturated rings. The summed E-state index contributed by atoms with van der Waals surface area (Å²) < 4.78 is 12.0. The van der Waals surface area contributed by atoms with Crippen LogP contribution in [0.3, 0.4) is 0 Å². The van der Waals surface area contributed by atoms with Crippen LogP contribution in [0.15, 0.2) is 30.6 Å². The number of H-pyrrole nitrogens is 1. The van der Waals surface area contributed by atoms with Gasteiger partial charge in [-0.15, -0.1) is 5.10 Å². The minimum Gasteiger partial charge on any atom is -0.497 e. The number of amides is 1. The number of benzene rings is 1. The summed E-state index contributed by atoms with van der Waals surface area (Å²) in [4.78, 5) is 12.0. The number of methoxy groups -OCH3 is 2. The van der Waals surface area contributed by atoms with Gasteiger partial charge in [0.05, 0.1) is 26.5 Å². The van der Waals surface area contributed by atoms with Crippen molar-refractivity contribution in [3.05, 3.63) is 30.6 Å². The van der Waals surface area contributed by atoms with E-state index >= 15 is 0 Å². The van der Waals surface area contributed by atoms with E-state index in [0.717, 1.165) is 11.3 Å². The lowest BCUT2D eigenvalue weighted by molar-refractivity contribution is -0.116. The molecule has 0 spiro atoms. The number of nitrogens with zero attached hydrogens (tertiary/aromatic N) is 5. The van der Waals surface area contributed by atoms with Crippen molar-refractivity contribution >= 4 is 11.7 Å². The monoisotopic (exact) mass is 343 g/mol. The maximum atomic E-state index is 12.0. The molecule has 0 saturated carbocycles. The van der Waals surface area contributed by atoms with Crippen molar-refractivity contribution in [1.29, 1.82) is 0 Å². The van der Waals surface area contributed by atoms with Gasteiger partial charge in [-0.2, -0.15) is 5.10 Å². The number of aromatic amines is 1. The highest BCUT2D eigenvalue weighted by Crippen LogP contribution is 2.32. The Morgan fingerprint density at radius 3 is 2.88 bits per heavy atom. The van der Waals surface area contributed by atoms with Gasteiger partial charge in [-0.1, -0.05) is 0 Å². The molecule has 130 valence electrons. The zero-order chi connectivity index (χ0) is 17.6. The lowest BCUT2D eigenvalue weighted by Gasteiger charge is -2.08. The summed E-state index contributed by atoms with van der Waals surface area (Å²) in [5, 5.41) is 20.4. The lowest BCUT2D eigenvalue weighted by atomic mass is 10.1. The first-order valence-electron chi connectivity index (χ1n) is 7.48. The highest BCUT2D eigenvalue weighted by atomic mass is 16.5. The highest BCUT2D eigenvalue weighted by Gasteiger charge is 2.12. The number of anilines is 1. The van der Waals surface area contributed by atoms with Gasteiger partial charge in [-0.3, -0.25) is 9.89 Å². The Hall–Kier alpha value is -3.43. The fraction of sp³-hybridized carbons (Fsp3) is 0.267. The number of carbonyl (C=O) groups excluding carboxylic acids is 1. The lowest BCUT2D eigenvalue weighted by Crippen LogP contribution is -2.15. The van der Waals surface area contributed by atoms with Gasteiger partial charge in [0.2, 0.25) is 5.91 Å². The normalized spacial score (nSPS) is 10.5. The summed E-state index contributed by atoms with van der Waals surface area (Å²) in [6.07, 6.45) is 1.69. The van der Waals surface area contributed by atoms with Crippen molar-refractivity contribution in [3.63, 3.8) is 0 Å². The first-order chi connectivity index (χ1) is 12.2. The molecule has 10 heteroatoms. The average molecular weight is 343 g/mol. The van der Waals surface area contributed by atoms with E-state index in [9.17, 15) is 4.79 Å². The van der Waals surface area contributed by atoms with Crippen molar-refractivity contribution in [2.75, 3.05) is 19.5 Å². The Kier molecular flexibility index (Phi) is 4.88. The summed E-state index contributed by atoms with van der Waals surface area (Å²) in [5.74, 6) is 1.57. The summed E-state index contributed by atoms with van der Waals surface area (Å²) >= 11 is 0. The smallest absolute Gasteiger partial charge is 0.227 e. The zero-order valence-electron chi connectivity index (χ0n) is 13.8. The van der Waals surface area contributed by atoms with E-state index in [-0.39, 0.29) is 12.3 Å². The predicted octanol–water partition coefficient (Wildman–Crippen LogP) is 1.11. The van der Waals surface area contributed by atoms with Gasteiger partial charge in [0, 0.05) is 24.1 Å². The Morgan fingerprint density at radius 1 is 1.28 bits per heavy atom. The molecule has 1 aromatic carbocycles. The van der Waals surface area contributed by atoms with Gasteiger partial charge < -0.3 is 14.8 Å².